The molecular formula is C25H22FN3O2S. The van der Waals surface area contributed by atoms with Crippen molar-refractivity contribution in [3.8, 4) is 5.75 Å². The maximum Gasteiger partial charge on any atom is 0.240 e. The minimum Gasteiger partial charge on any atom is -0.486 e. The Bertz CT molecular complexity index is 1260. The second-order valence-corrected chi connectivity index (χ2v) is 8.78. The third-order valence-corrected chi connectivity index (χ3v) is 6.62. The van der Waals surface area contributed by atoms with E-state index in [4.69, 9.17) is 4.74 Å². The topological polar surface area (TPSA) is 56.2 Å². The fourth-order valence-corrected chi connectivity index (χ4v) is 5.08. The molecule has 3 aromatic carbocycles. The zero-order chi connectivity index (χ0) is 21.9. The van der Waals surface area contributed by atoms with Gasteiger partial charge in [0.2, 0.25) is 5.91 Å². The molecule has 162 valence electrons. The number of carbonyl (C=O) groups excluding carboxylic acids is 1. The first kappa shape index (κ1) is 20.6. The van der Waals surface area contributed by atoms with Crippen LogP contribution in [0.5, 0.6) is 5.75 Å². The lowest BCUT2D eigenvalue weighted by Crippen LogP contribution is -2.33. The van der Waals surface area contributed by atoms with Crippen molar-refractivity contribution in [3.63, 3.8) is 0 Å². The zero-order valence-electron chi connectivity index (χ0n) is 17.3. The lowest BCUT2D eigenvalue weighted by Gasteiger charge is -2.26. The molecule has 1 unspecified atom stereocenters. The summed E-state index contributed by atoms with van der Waals surface area (Å²) in [6.45, 7) is 0.363. The van der Waals surface area contributed by atoms with E-state index in [0.717, 1.165) is 39.4 Å². The fraction of sp³-hybridized carbons (Fsp3) is 0.200. The van der Waals surface area contributed by atoms with E-state index in [0.29, 0.717) is 5.82 Å². The largest absolute Gasteiger partial charge is 0.486 e. The molecule has 0 saturated heterocycles. The van der Waals surface area contributed by atoms with Gasteiger partial charge in [0.25, 0.3) is 0 Å². The number of hydrogen-bond acceptors (Lipinski definition) is 4. The SMILES string of the molecule is O=C(Cn1c(COc2ccccc2)nc2ccccc21)NC1CCSc2ccc(F)cc21. The Morgan fingerprint density at radius 2 is 1.94 bits per heavy atom. The molecule has 1 amide bonds. The van der Waals surface area contributed by atoms with E-state index < -0.39 is 0 Å². The Kier molecular flexibility index (Phi) is 5.81. The predicted octanol–water partition coefficient (Wildman–Crippen LogP) is 5.11. The monoisotopic (exact) mass is 447 g/mol. The molecular weight excluding hydrogens is 425 g/mol. The molecule has 2 heterocycles. The van der Waals surface area contributed by atoms with Gasteiger partial charge in [-0.2, -0.15) is 0 Å². The first-order chi connectivity index (χ1) is 15.7. The van der Waals surface area contributed by atoms with Crippen molar-refractivity contribution in [1.29, 1.82) is 0 Å². The van der Waals surface area contributed by atoms with Gasteiger partial charge in [-0.1, -0.05) is 30.3 Å². The molecule has 0 saturated carbocycles. The minimum atomic E-state index is -0.286. The summed E-state index contributed by atoms with van der Waals surface area (Å²) in [6.07, 6.45) is 0.765. The van der Waals surface area contributed by atoms with E-state index in [2.05, 4.69) is 10.3 Å². The third-order valence-electron chi connectivity index (χ3n) is 5.49. The number of para-hydroxylation sites is 3. The maximum atomic E-state index is 13.8. The highest BCUT2D eigenvalue weighted by Gasteiger charge is 2.24. The Morgan fingerprint density at radius 3 is 2.81 bits per heavy atom. The molecule has 1 N–H and O–H groups in total. The molecule has 4 aromatic rings. The van der Waals surface area contributed by atoms with Crippen LogP contribution in [0.2, 0.25) is 0 Å². The normalized spacial score (nSPS) is 15.3. The van der Waals surface area contributed by atoms with Gasteiger partial charge >= 0.3 is 0 Å². The first-order valence-electron chi connectivity index (χ1n) is 10.5. The molecule has 1 aliphatic rings. The second-order valence-electron chi connectivity index (χ2n) is 7.64. The summed E-state index contributed by atoms with van der Waals surface area (Å²) in [5.41, 5.74) is 2.53. The number of fused-ring (bicyclic) bond motifs is 2. The molecule has 5 rings (SSSR count). The van der Waals surface area contributed by atoms with Gasteiger partial charge in [-0.25, -0.2) is 9.37 Å². The summed E-state index contributed by atoms with van der Waals surface area (Å²) in [6, 6.07) is 21.8. The number of imidazole rings is 1. The summed E-state index contributed by atoms with van der Waals surface area (Å²) < 4.78 is 21.6. The van der Waals surface area contributed by atoms with Gasteiger partial charge < -0.3 is 14.6 Å². The highest BCUT2D eigenvalue weighted by atomic mass is 32.2. The van der Waals surface area contributed by atoms with Crippen LogP contribution in [-0.4, -0.2) is 21.2 Å². The van der Waals surface area contributed by atoms with Crippen molar-refractivity contribution in [2.75, 3.05) is 5.75 Å². The molecule has 1 aliphatic heterocycles. The van der Waals surface area contributed by atoms with E-state index >= 15 is 0 Å². The molecule has 0 radical (unpaired) electrons. The van der Waals surface area contributed by atoms with Crippen molar-refractivity contribution >= 4 is 28.7 Å². The summed E-state index contributed by atoms with van der Waals surface area (Å²) in [5, 5.41) is 3.10. The number of carbonyl (C=O) groups is 1. The van der Waals surface area contributed by atoms with Crippen LogP contribution in [-0.2, 0) is 17.9 Å². The number of nitrogens with zero attached hydrogens (tertiary/aromatic N) is 2. The fourth-order valence-electron chi connectivity index (χ4n) is 3.98. The van der Waals surface area contributed by atoms with E-state index in [1.807, 2.05) is 59.2 Å². The number of benzene rings is 3. The summed E-state index contributed by atoms with van der Waals surface area (Å²) >= 11 is 1.69. The molecule has 0 spiro atoms. The average molecular weight is 448 g/mol. The van der Waals surface area contributed by atoms with Gasteiger partial charge in [0.05, 0.1) is 17.1 Å². The van der Waals surface area contributed by atoms with Crippen LogP contribution in [0.3, 0.4) is 0 Å². The Labute approximate surface area is 189 Å². The highest BCUT2D eigenvalue weighted by molar-refractivity contribution is 7.99. The third kappa shape index (κ3) is 4.34. The van der Waals surface area contributed by atoms with Crippen LogP contribution in [0.25, 0.3) is 11.0 Å². The van der Waals surface area contributed by atoms with Crippen LogP contribution in [0.4, 0.5) is 4.39 Å². The summed E-state index contributed by atoms with van der Waals surface area (Å²) in [7, 11) is 0. The summed E-state index contributed by atoms with van der Waals surface area (Å²) in [4.78, 5) is 18.7. The van der Waals surface area contributed by atoms with Crippen molar-refractivity contribution in [2.45, 2.75) is 30.5 Å². The molecule has 0 bridgehead atoms. The number of aromatic nitrogens is 2. The van der Waals surface area contributed by atoms with E-state index in [9.17, 15) is 9.18 Å². The number of amides is 1. The number of ether oxygens (including phenoxy) is 1. The smallest absolute Gasteiger partial charge is 0.240 e. The van der Waals surface area contributed by atoms with Crippen molar-refractivity contribution in [1.82, 2.24) is 14.9 Å². The quantitative estimate of drug-likeness (QED) is 0.446. The average Bonchev–Trinajstić information content (AvgIpc) is 3.16. The van der Waals surface area contributed by atoms with Crippen LogP contribution in [0.15, 0.2) is 77.7 Å². The number of halogens is 1. The second kappa shape index (κ2) is 9.04. The van der Waals surface area contributed by atoms with Crippen molar-refractivity contribution in [2.24, 2.45) is 0 Å². The van der Waals surface area contributed by atoms with E-state index in [-0.39, 0.29) is 30.9 Å². The highest BCUT2D eigenvalue weighted by Crippen LogP contribution is 2.36. The van der Waals surface area contributed by atoms with Gasteiger partial charge in [-0.3, -0.25) is 4.79 Å². The van der Waals surface area contributed by atoms with Gasteiger partial charge in [-0.05, 0) is 54.4 Å². The molecule has 1 aromatic heterocycles. The number of hydrogen-bond donors (Lipinski definition) is 1. The van der Waals surface area contributed by atoms with Crippen LogP contribution in [0.1, 0.15) is 23.9 Å². The number of nitrogens with one attached hydrogen (secondary N) is 1. The van der Waals surface area contributed by atoms with Gasteiger partial charge in [-0.15, -0.1) is 11.8 Å². The van der Waals surface area contributed by atoms with Crippen LogP contribution < -0.4 is 10.1 Å². The molecule has 0 fully saturated rings. The number of rotatable bonds is 6. The zero-order valence-corrected chi connectivity index (χ0v) is 18.1. The van der Waals surface area contributed by atoms with E-state index in [1.54, 1.807) is 17.8 Å². The molecule has 5 nitrogen and oxygen atoms in total. The van der Waals surface area contributed by atoms with Crippen molar-refractivity contribution < 1.29 is 13.9 Å². The Balaban J connectivity index is 1.37. The lowest BCUT2D eigenvalue weighted by molar-refractivity contribution is -0.122. The molecule has 0 aliphatic carbocycles. The van der Waals surface area contributed by atoms with Gasteiger partial charge in [0.15, 0.2) is 0 Å². The van der Waals surface area contributed by atoms with Gasteiger partial charge in [0.1, 0.15) is 30.5 Å². The number of thioether (sulfide) groups is 1. The summed E-state index contributed by atoms with van der Waals surface area (Å²) in [5.74, 6) is 1.88. The van der Waals surface area contributed by atoms with Gasteiger partial charge in [0, 0.05) is 10.6 Å². The lowest BCUT2D eigenvalue weighted by atomic mass is 10.0. The minimum absolute atomic E-state index is 0.113. The molecule has 1 atom stereocenters. The predicted molar refractivity (Wildman–Crippen MR) is 123 cm³/mol. The van der Waals surface area contributed by atoms with Crippen LogP contribution in [0, 0.1) is 5.82 Å². The first-order valence-corrected chi connectivity index (χ1v) is 11.5. The Morgan fingerprint density at radius 1 is 1.12 bits per heavy atom. The van der Waals surface area contributed by atoms with E-state index in [1.165, 1.54) is 12.1 Å². The van der Waals surface area contributed by atoms with Crippen molar-refractivity contribution in [3.05, 3.63) is 90.0 Å². The Hall–Kier alpha value is -3.32. The molecule has 32 heavy (non-hydrogen) atoms. The maximum absolute atomic E-state index is 13.8. The molecule has 7 heteroatoms. The standard InChI is InChI=1S/C25H22FN3O2S/c26-17-10-11-23-19(14-17)20(12-13-32-23)28-25(30)15-29-22-9-5-4-8-21(22)27-24(29)16-31-18-6-2-1-3-7-18/h1-11,14,20H,12-13,15-16H2,(H,28,30). The van der Waals surface area contributed by atoms with Crippen LogP contribution >= 0.6 is 11.8 Å².